The number of amides is 1. The van der Waals surface area contributed by atoms with E-state index in [4.69, 9.17) is 28.3 Å². The van der Waals surface area contributed by atoms with Gasteiger partial charge >= 0.3 is 5.97 Å². The molecule has 0 bridgehead atoms. The van der Waals surface area contributed by atoms with Gasteiger partial charge in [-0.25, -0.2) is 4.79 Å². The molecule has 0 saturated heterocycles. The van der Waals surface area contributed by atoms with Crippen LogP contribution in [0.4, 0.5) is 5.69 Å². The van der Waals surface area contributed by atoms with Crippen LogP contribution in [0.5, 0.6) is 5.75 Å². The van der Waals surface area contributed by atoms with E-state index in [-0.39, 0.29) is 16.9 Å². The molecule has 0 spiro atoms. The van der Waals surface area contributed by atoms with Crippen molar-refractivity contribution in [3.8, 4) is 5.75 Å². The molecule has 3 aromatic rings. The Labute approximate surface area is 176 Å². The van der Waals surface area contributed by atoms with Gasteiger partial charge in [0.25, 0.3) is 5.91 Å². The lowest BCUT2D eigenvalue weighted by molar-refractivity contribution is 0.0696. The molecule has 0 aliphatic heterocycles. The van der Waals surface area contributed by atoms with Crippen LogP contribution in [0, 0.1) is 0 Å². The zero-order valence-electron chi connectivity index (χ0n) is 14.9. The van der Waals surface area contributed by atoms with Gasteiger partial charge in [-0.1, -0.05) is 47.5 Å². The Morgan fingerprint density at radius 3 is 2.07 bits per heavy atom. The lowest BCUT2D eigenvalue weighted by Gasteiger charge is -2.08. The first kappa shape index (κ1) is 20.5. The number of phenols is 1. The molecule has 0 aliphatic rings. The summed E-state index contributed by atoms with van der Waals surface area (Å²) in [5.41, 5.74) is 2.14. The first-order valence-electron chi connectivity index (χ1n) is 8.44. The van der Waals surface area contributed by atoms with E-state index in [9.17, 15) is 14.7 Å². The summed E-state index contributed by atoms with van der Waals surface area (Å²) in [5.74, 6) is -1.74. The maximum atomic E-state index is 12.5. The summed E-state index contributed by atoms with van der Waals surface area (Å²) in [6.07, 6.45) is 3.58. The molecule has 1 amide bonds. The number of carboxylic acids is 1. The summed E-state index contributed by atoms with van der Waals surface area (Å²) >= 11 is 11.9. The Morgan fingerprint density at radius 1 is 0.828 bits per heavy atom. The van der Waals surface area contributed by atoms with Crippen molar-refractivity contribution in [3.05, 3.63) is 93.0 Å². The number of aromatic hydroxyl groups is 1. The fourth-order valence-electron chi connectivity index (χ4n) is 2.54. The zero-order chi connectivity index (χ0) is 21.0. The van der Waals surface area contributed by atoms with E-state index >= 15 is 0 Å². The van der Waals surface area contributed by atoms with Crippen LogP contribution in [0.25, 0.3) is 12.2 Å². The van der Waals surface area contributed by atoms with Crippen molar-refractivity contribution in [2.24, 2.45) is 0 Å². The van der Waals surface area contributed by atoms with Crippen molar-refractivity contribution in [3.63, 3.8) is 0 Å². The van der Waals surface area contributed by atoms with Crippen molar-refractivity contribution in [1.82, 2.24) is 0 Å². The largest absolute Gasteiger partial charge is 0.507 e. The van der Waals surface area contributed by atoms with Crippen LogP contribution in [0.3, 0.4) is 0 Å². The van der Waals surface area contributed by atoms with Crippen LogP contribution in [0.1, 0.15) is 31.8 Å². The number of anilines is 1. The monoisotopic (exact) mass is 427 g/mol. The minimum absolute atomic E-state index is 0.0867. The number of hydrogen-bond donors (Lipinski definition) is 3. The Bertz CT molecular complexity index is 1110. The second-order valence-corrected chi connectivity index (χ2v) is 6.93. The Morgan fingerprint density at radius 2 is 1.45 bits per heavy atom. The number of carbonyl (C=O) groups is 2. The summed E-state index contributed by atoms with van der Waals surface area (Å²) in [4.78, 5) is 23.4. The number of rotatable bonds is 5. The minimum Gasteiger partial charge on any atom is -0.507 e. The SMILES string of the molecule is O=C(O)c1ccc(NC(=O)c2cc(/C=C/c3ccc(Cl)c(Cl)c3)ccc2O)cc1. The predicted molar refractivity (Wildman–Crippen MR) is 115 cm³/mol. The molecule has 3 aromatic carbocycles. The summed E-state index contributed by atoms with van der Waals surface area (Å²) in [5, 5.41) is 22.5. The van der Waals surface area contributed by atoms with E-state index in [1.807, 2.05) is 0 Å². The fourth-order valence-corrected chi connectivity index (χ4v) is 2.85. The van der Waals surface area contributed by atoms with Crippen LogP contribution >= 0.6 is 23.2 Å². The summed E-state index contributed by atoms with van der Waals surface area (Å²) in [6, 6.07) is 15.6. The highest BCUT2D eigenvalue weighted by Gasteiger charge is 2.12. The number of phenolic OH excluding ortho intramolecular Hbond substituents is 1. The molecule has 0 radical (unpaired) electrons. The molecule has 5 nitrogen and oxygen atoms in total. The Hall–Kier alpha value is -3.28. The molecule has 146 valence electrons. The Kier molecular flexibility index (Phi) is 6.22. The van der Waals surface area contributed by atoms with E-state index in [0.29, 0.717) is 21.3 Å². The first-order valence-corrected chi connectivity index (χ1v) is 9.20. The van der Waals surface area contributed by atoms with E-state index in [1.165, 1.54) is 30.3 Å². The van der Waals surface area contributed by atoms with Crippen molar-refractivity contribution in [1.29, 1.82) is 0 Å². The summed E-state index contributed by atoms with van der Waals surface area (Å²) < 4.78 is 0. The minimum atomic E-state index is -1.05. The Balaban J connectivity index is 1.78. The predicted octanol–water partition coefficient (Wildman–Crippen LogP) is 5.82. The standard InChI is InChI=1S/C22H15Cl2NO4/c23-18-9-3-14(12-19(18)24)2-1-13-4-10-20(26)17(11-13)21(27)25-16-7-5-15(6-8-16)22(28)29/h1-12,26H,(H,25,27)(H,28,29)/b2-1+. The molecule has 7 heteroatoms. The molecular formula is C22H15Cl2NO4. The van der Waals surface area contributed by atoms with Gasteiger partial charge in [-0.15, -0.1) is 0 Å². The smallest absolute Gasteiger partial charge is 0.335 e. The van der Waals surface area contributed by atoms with Gasteiger partial charge < -0.3 is 15.5 Å². The molecule has 0 saturated carbocycles. The number of benzene rings is 3. The van der Waals surface area contributed by atoms with Gasteiger partial charge in [-0.3, -0.25) is 4.79 Å². The van der Waals surface area contributed by atoms with Gasteiger partial charge in [0.2, 0.25) is 0 Å². The number of carboxylic acid groups (broad SMARTS) is 1. The fraction of sp³-hybridized carbons (Fsp3) is 0. The average Bonchev–Trinajstić information content (AvgIpc) is 2.70. The summed E-state index contributed by atoms with van der Waals surface area (Å²) in [6.45, 7) is 0. The molecule has 0 fully saturated rings. The number of carbonyl (C=O) groups excluding carboxylic acids is 1. The number of hydrogen-bond acceptors (Lipinski definition) is 3. The highest BCUT2D eigenvalue weighted by Crippen LogP contribution is 2.25. The molecule has 0 unspecified atom stereocenters. The third-order valence-electron chi connectivity index (χ3n) is 4.07. The van der Waals surface area contributed by atoms with E-state index in [2.05, 4.69) is 5.32 Å². The third kappa shape index (κ3) is 5.16. The molecule has 3 N–H and O–H groups in total. The highest BCUT2D eigenvalue weighted by molar-refractivity contribution is 6.42. The van der Waals surface area contributed by atoms with Gasteiger partial charge in [0.05, 0.1) is 21.2 Å². The molecule has 0 heterocycles. The highest BCUT2D eigenvalue weighted by atomic mass is 35.5. The number of nitrogens with one attached hydrogen (secondary N) is 1. The maximum absolute atomic E-state index is 12.5. The second kappa shape index (κ2) is 8.82. The molecule has 0 aliphatic carbocycles. The topological polar surface area (TPSA) is 86.6 Å². The van der Waals surface area contributed by atoms with Crippen LogP contribution in [0.15, 0.2) is 60.7 Å². The van der Waals surface area contributed by atoms with Crippen LogP contribution in [-0.4, -0.2) is 22.1 Å². The van der Waals surface area contributed by atoms with Gasteiger partial charge in [-0.2, -0.15) is 0 Å². The maximum Gasteiger partial charge on any atom is 0.335 e. The normalized spacial score (nSPS) is 10.8. The van der Waals surface area contributed by atoms with E-state index in [0.717, 1.165) is 5.56 Å². The first-order chi connectivity index (χ1) is 13.8. The number of aromatic carboxylic acids is 1. The molecule has 29 heavy (non-hydrogen) atoms. The van der Waals surface area contributed by atoms with Gasteiger partial charge in [0.1, 0.15) is 5.75 Å². The molecular weight excluding hydrogens is 413 g/mol. The van der Waals surface area contributed by atoms with E-state index in [1.54, 1.807) is 42.5 Å². The van der Waals surface area contributed by atoms with Crippen LogP contribution in [0.2, 0.25) is 10.0 Å². The lowest BCUT2D eigenvalue weighted by atomic mass is 10.1. The van der Waals surface area contributed by atoms with Gasteiger partial charge in [0.15, 0.2) is 0 Å². The van der Waals surface area contributed by atoms with Crippen molar-refractivity contribution >= 4 is 52.9 Å². The van der Waals surface area contributed by atoms with Crippen molar-refractivity contribution in [2.45, 2.75) is 0 Å². The van der Waals surface area contributed by atoms with Crippen LogP contribution < -0.4 is 5.32 Å². The molecule has 0 aromatic heterocycles. The van der Waals surface area contributed by atoms with E-state index < -0.39 is 11.9 Å². The number of halogens is 2. The lowest BCUT2D eigenvalue weighted by Crippen LogP contribution is -2.12. The van der Waals surface area contributed by atoms with Crippen LogP contribution in [-0.2, 0) is 0 Å². The molecule has 3 rings (SSSR count). The zero-order valence-corrected chi connectivity index (χ0v) is 16.4. The van der Waals surface area contributed by atoms with Crippen molar-refractivity contribution < 1.29 is 19.8 Å². The molecule has 0 atom stereocenters. The summed E-state index contributed by atoms with van der Waals surface area (Å²) in [7, 11) is 0. The quantitative estimate of drug-likeness (QED) is 0.447. The van der Waals surface area contributed by atoms with Gasteiger partial charge in [-0.05, 0) is 59.7 Å². The van der Waals surface area contributed by atoms with Crippen molar-refractivity contribution in [2.75, 3.05) is 5.32 Å². The third-order valence-corrected chi connectivity index (χ3v) is 4.81. The second-order valence-electron chi connectivity index (χ2n) is 6.12. The van der Waals surface area contributed by atoms with Gasteiger partial charge in [0, 0.05) is 5.69 Å². The average molecular weight is 428 g/mol.